The van der Waals surface area contributed by atoms with E-state index in [0.717, 1.165) is 35.8 Å². The van der Waals surface area contributed by atoms with E-state index in [2.05, 4.69) is 20.7 Å². The van der Waals surface area contributed by atoms with Crippen LogP contribution in [-0.4, -0.2) is 63.1 Å². The Morgan fingerprint density at radius 3 is 2.78 bits per heavy atom. The average Bonchev–Trinajstić information content (AvgIpc) is 3.44. The van der Waals surface area contributed by atoms with Gasteiger partial charge in [0, 0.05) is 36.1 Å². The lowest BCUT2D eigenvalue weighted by atomic mass is 9.96. The lowest BCUT2D eigenvalue weighted by Gasteiger charge is -2.27. The van der Waals surface area contributed by atoms with Gasteiger partial charge in [0.1, 0.15) is 17.5 Å². The first-order chi connectivity index (χ1) is 17.6. The zero-order valence-corrected chi connectivity index (χ0v) is 20.1. The lowest BCUT2D eigenvalue weighted by molar-refractivity contribution is -0.00346. The second kappa shape index (κ2) is 9.15. The largest absolute Gasteiger partial charge is 0.495 e. The van der Waals surface area contributed by atoms with Gasteiger partial charge in [-0.1, -0.05) is 0 Å². The Morgan fingerprint density at radius 1 is 1.25 bits per heavy atom. The first-order valence-corrected chi connectivity index (χ1v) is 12.0. The topological polar surface area (TPSA) is 128 Å². The van der Waals surface area contributed by atoms with Crippen molar-refractivity contribution in [1.29, 1.82) is 0 Å². The zero-order chi connectivity index (χ0) is 24.6. The van der Waals surface area contributed by atoms with Crippen LogP contribution < -0.4 is 20.1 Å². The number of hydrogen-bond donors (Lipinski definition) is 3. The fourth-order valence-corrected chi connectivity index (χ4v) is 4.22. The SMILES string of the molecule is COc1cc(C(=O)NC2COC2)ccc1Nc1nc(OC2CCC2)c2c(-c3cnn(C)c3)c[nH]c2n1. The third kappa shape index (κ3) is 4.22. The monoisotopic (exact) mass is 489 g/mol. The highest BCUT2D eigenvalue weighted by molar-refractivity contribution is 5.98. The molecule has 0 spiro atoms. The highest BCUT2D eigenvalue weighted by Crippen LogP contribution is 2.37. The van der Waals surface area contributed by atoms with E-state index in [4.69, 9.17) is 24.2 Å². The Hall–Kier alpha value is -4.12. The Bertz CT molecular complexity index is 1420. The number of fused-ring (bicyclic) bond motifs is 1. The summed E-state index contributed by atoms with van der Waals surface area (Å²) >= 11 is 0. The van der Waals surface area contributed by atoms with E-state index in [1.165, 1.54) is 0 Å². The number of anilines is 2. The van der Waals surface area contributed by atoms with Crippen LogP contribution in [0.2, 0.25) is 0 Å². The third-order valence-electron chi connectivity index (χ3n) is 6.53. The number of H-pyrrole nitrogens is 1. The number of carbonyl (C=O) groups is 1. The van der Waals surface area contributed by atoms with Gasteiger partial charge in [-0.05, 0) is 37.5 Å². The van der Waals surface area contributed by atoms with Gasteiger partial charge in [-0.15, -0.1) is 0 Å². The molecule has 36 heavy (non-hydrogen) atoms. The maximum atomic E-state index is 12.5. The van der Waals surface area contributed by atoms with Gasteiger partial charge in [0.25, 0.3) is 5.91 Å². The molecule has 4 aromatic rings. The molecule has 0 radical (unpaired) electrons. The predicted octanol–water partition coefficient (Wildman–Crippen LogP) is 3.17. The standard InChI is InChI=1S/C25H27N7O4/c1-32-11-15(9-27-32)18-10-26-22-21(18)24(36-17-4-3-5-17)31-25(30-22)29-19-7-6-14(8-20(19)34-2)23(33)28-16-12-35-13-16/h6-11,16-17H,3-5,12-13H2,1-2H3,(H,28,33)(H2,26,29,30,31). The Labute approximate surface area is 207 Å². The molecule has 3 aromatic heterocycles. The Kier molecular flexibility index (Phi) is 5.68. The van der Waals surface area contributed by atoms with Crippen molar-refractivity contribution < 1.29 is 19.0 Å². The van der Waals surface area contributed by atoms with Crippen LogP contribution in [0.15, 0.2) is 36.8 Å². The highest BCUT2D eigenvalue weighted by Gasteiger charge is 2.25. The number of aromatic nitrogens is 5. The number of methoxy groups -OCH3 is 1. The average molecular weight is 490 g/mol. The molecule has 1 aliphatic heterocycles. The van der Waals surface area contributed by atoms with E-state index < -0.39 is 0 Å². The number of hydrogen-bond acceptors (Lipinski definition) is 8. The molecule has 1 saturated carbocycles. The molecule has 1 aromatic carbocycles. The van der Waals surface area contributed by atoms with Crippen molar-refractivity contribution in [2.45, 2.75) is 31.4 Å². The highest BCUT2D eigenvalue weighted by atomic mass is 16.5. The van der Waals surface area contributed by atoms with Crippen LogP contribution in [0.3, 0.4) is 0 Å². The summed E-state index contributed by atoms with van der Waals surface area (Å²) in [5, 5.41) is 11.3. The van der Waals surface area contributed by atoms with Crippen molar-refractivity contribution >= 4 is 28.6 Å². The lowest BCUT2D eigenvalue weighted by Crippen LogP contribution is -2.48. The van der Waals surface area contributed by atoms with Crippen molar-refractivity contribution in [3.63, 3.8) is 0 Å². The molecule has 1 saturated heterocycles. The summed E-state index contributed by atoms with van der Waals surface area (Å²) < 4.78 is 18.7. The van der Waals surface area contributed by atoms with E-state index in [1.807, 2.05) is 25.6 Å². The summed E-state index contributed by atoms with van der Waals surface area (Å²) in [6, 6.07) is 5.25. The second-order valence-corrected chi connectivity index (χ2v) is 9.10. The molecular weight excluding hydrogens is 462 g/mol. The van der Waals surface area contributed by atoms with Crippen LogP contribution in [0.5, 0.6) is 11.6 Å². The predicted molar refractivity (Wildman–Crippen MR) is 133 cm³/mol. The van der Waals surface area contributed by atoms with Crippen LogP contribution >= 0.6 is 0 Å². The summed E-state index contributed by atoms with van der Waals surface area (Å²) in [6.45, 7) is 1.07. The van der Waals surface area contributed by atoms with Crippen molar-refractivity contribution in [3.05, 3.63) is 42.4 Å². The van der Waals surface area contributed by atoms with Gasteiger partial charge in [-0.25, -0.2) is 0 Å². The summed E-state index contributed by atoms with van der Waals surface area (Å²) in [6.07, 6.45) is 8.95. The van der Waals surface area contributed by atoms with Crippen molar-refractivity contribution in [2.24, 2.45) is 7.05 Å². The smallest absolute Gasteiger partial charge is 0.251 e. The summed E-state index contributed by atoms with van der Waals surface area (Å²) in [7, 11) is 3.44. The minimum atomic E-state index is -0.170. The maximum absolute atomic E-state index is 12.5. The van der Waals surface area contributed by atoms with Gasteiger partial charge < -0.3 is 29.8 Å². The molecule has 2 aliphatic rings. The van der Waals surface area contributed by atoms with Gasteiger partial charge in [-0.2, -0.15) is 15.1 Å². The molecule has 2 fully saturated rings. The van der Waals surface area contributed by atoms with Crippen molar-refractivity contribution in [2.75, 3.05) is 25.6 Å². The molecule has 11 heteroatoms. The number of nitrogens with one attached hydrogen (secondary N) is 3. The Balaban J connectivity index is 1.32. The molecule has 3 N–H and O–H groups in total. The van der Waals surface area contributed by atoms with Gasteiger partial charge >= 0.3 is 0 Å². The molecule has 11 nitrogen and oxygen atoms in total. The van der Waals surface area contributed by atoms with Crippen LogP contribution in [0.25, 0.3) is 22.2 Å². The van der Waals surface area contributed by atoms with Crippen LogP contribution in [-0.2, 0) is 11.8 Å². The normalized spacial score (nSPS) is 15.8. The van der Waals surface area contributed by atoms with E-state index >= 15 is 0 Å². The molecule has 186 valence electrons. The minimum Gasteiger partial charge on any atom is -0.495 e. The zero-order valence-electron chi connectivity index (χ0n) is 20.1. The van der Waals surface area contributed by atoms with Gasteiger partial charge in [-0.3, -0.25) is 9.48 Å². The van der Waals surface area contributed by atoms with Gasteiger partial charge in [0.15, 0.2) is 0 Å². The summed E-state index contributed by atoms with van der Waals surface area (Å²) in [5.74, 6) is 1.21. The number of carbonyl (C=O) groups excluding carboxylic acids is 1. The van der Waals surface area contributed by atoms with Crippen LogP contribution in [0.1, 0.15) is 29.6 Å². The van der Waals surface area contributed by atoms with E-state index in [0.29, 0.717) is 47.7 Å². The molecule has 1 amide bonds. The minimum absolute atomic E-state index is 0.0490. The second-order valence-electron chi connectivity index (χ2n) is 9.10. The van der Waals surface area contributed by atoms with Gasteiger partial charge in [0.2, 0.25) is 11.8 Å². The fraction of sp³-hybridized carbons (Fsp3) is 0.360. The number of nitrogens with zero attached hydrogens (tertiary/aromatic N) is 4. The van der Waals surface area contributed by atoms with Crippen LogP contribution in [0, 0.1) is 0 Å². The number of rotatable bonds is 8. The number of ether oxygens (including phenoxy) is 3. The first-order valence-electron chi connectivity index (χ1n) is 12.0. The Morgan fingerprint density at radius 2 is 2.11 bits per heavy atom. The van der Waals surface area contributed by atoms with E-state index in [1.54, 1.807) is 30.0 Å². The molecule has 4 heterocycles. The molecule has 6 rings (SSSR count). The van der Waals surface area contributed by atoms with Crippen molar-refractivity contribution in [3.8, 4) is 22.8 Å². The molecule has 1 aliphatic carbocycles. The van der Waals surface area contributed by atoms with Gasteiger partial charge in [0.05, 0.1) is 43.6 Å². The number of benzene rings is 1. The summed E-state index contributed by atoms with van der Waals surface area (Å²) in [5.41, 5.74) is 3.67. The first kappa shape index (κ1) is 22.4. The van der Waals surface area contributed by atoms with Crippen LogP contribution in [0.4, 0.5) is 11.6 Å². The number of amides is 1. The molecule has 0 unspecified atom stereocenters. The van der Waals surface area contributed by atoms with E-state index in [9.17, 15) is 4.79 Å². The number of aromatic amines is 1. The maximum Gasteiger partial charge on any atom is 0.251 e. The fourth-order valence-electron chi connectivity index (χ4n) is 4.22. The number of aryl methyl sites for hydroxylation is 1. The summed E-state index contributed by atoms with van der Waals surface area (Å²) in [4.78, 5) is 25.2. The molecular formula is C25H27N7O4. The van der Waals surface area contributed by atoms with E-state index in [-0.39, 0.29) is 18.1 Å². The molecule has 0 bridgehead atoms. The quantitative estimate of drug-likeness (QED) is 0.344. The third-order valence-corrected chi connectivity index (χ3v) is 6.53. The molecule has 0 atom stereocenters. The van der Waals surface area contributed by atoms with Crippen molar-refractivity contribution in [1.82, 2.24) is 30.0 Å².